The molecule has 0 aliphatic rings. The van der Waals surface area contributed by atoms with E-state index in [0.717, 1.165) is 12.8 Å². The summed E-state index contributed by atoms with van der Waals surface area (Å²) in [6.45, 7) is 4.84. The van der Waals surface area contributed by atoms with Crippen molar-refractivity contribution >= 4 is 21.4 Å². The molecule has 96 valence electrons. The van der Waals surface area contributed by atoms with E-state index in [-0.39, 0.29) is 5.69 Å². The molecule has 0 aliphatic heterocycles. The van der Waals surface area contributed by atoms with Crippen LogP contribution >= 0.6 is 0 Å². The van der Waals surface area contributed by atoms with E-state index in [1.807, 2.05) is 13.8 Å². The van der Waals surface area contributed by atoms with Crippen LogP contribution in [-0.4, -0.2) is 21.2 Å². The zero-order valence-corrected chi connectivity index (χ0v) is 10.9. The molecule has 0 aliphatic carbocycles. The van der Waals surface area contributed by atoms with Crippen molar-refractivity contribution in [3.63, 3.8) is 0 Å². The molecule has 0 bridgehead atoms. The molecular formula is C11H17FN2O2S. The minimum atomic E-state index is -3.47. The number of rotatable bonds is 5. The van der Waals surface area contributed by atoms with E-state index < -0.39 is 15.8 Å². The third kappa shape index (κ3) is 5.04. The Morgan fingerprint density at radius 2 is 2.00 bits per heavy atom. The second kappa shape index (κ2) is 5.35. The summed E-state index contributed by atoms with van der Waals surface area (Å²) in [4.78, 5) is 0. The molecule has 1 aromatic carbocycles. The first kappa shape index (κ1) is 13.8. The lowest BCUT2D eigenvalue weighted by atomic mass is 10.2. The standard InChI is InChI=1S/C11H17FN2O2S/c1-8(2)7-13-9-4-5-10(12)11(6-9)14-17(3,15)16/h4-6,8,13-14H,7H2,1-3H3. The molecule has 0 fully saturated rings. The second-order valence-electron chi connectivity index (χ2n) is 4.34. The molecule has 4 nitrogen and oxygen atoms in total. The van der Waals surface area contributed by atoms with Crippen LogP contribution in [0.25, 0.3) is 0 Å². The van der Waals surface area contributed by atoms with Gasteiger partial charge in [-0.15, -0.1) is 0 Å². The number of hydrogen-bond donors (Lipinski definition) is 2. The molecule has 1 aromatic rings. The number of benzene rings is 1. The molecule has 0 saturated heterocycles. The summed E-state index contributed by atoms with van der Waals surface area (Å²) >= 11 is 0. The molecule has 0 atom stereocenters. The Hall–Kier alpha value is -1.30. The molecule has 0 radical (unpaired) electrons. The highest BCUT2D eigenvalue weighted by atomic mass is 32.2. The number of sulfonamides is 1. The lowest BCUT2D eigenvalue weighted by Gasteiger charge is -2.11. The van der Waals surface area contributed by atoms with Crippen LogP contribution in [0.4, 0.5) is 15.8 Å². The Labute approximate surface area is 101 Å². The summed E-state index contributed by atoms with van der Waals surface area (Å²) in [5.41, 5.74) is 0.646. The summed E-state index contributed by atoms with van der Waals surface area (Å²) in [6.07, 6.45) is 0.987. The fourth-order valence-electron chi connectivity index (χ4n) is 1.24. The van der Waals surface area contributed by atoms with E-state index in [0.29, 0.717) is 11.6 Å². The smallest absolute Gasteiger partial charge is 0.229 e. The Balaban J connectivity index is 2.87. The fourth-order valence-corrected chi connectivity index (χ4v) is 1.79. The van der Waals surface area contributed by atoms with E-state index in [2.05, 4.69) is 10.0 Å². The van der Waals surface area contributed by atoms with Crippen molar-refractivity contribution in [2.45, 2.75) is 13.8 Å². The van der Waals surface area contributed by atoms with E-state index in [1.165, 1.54) is 12.1 Å². The molecule has 0 spiro atoms. The van der Waals surface area contributed by atoms with E-state index >= 15 is 0 Å². The Bertz CT molecular complexity index is 486. The molecule has 0 heterocycles. The molecule has 17 heavy (non-hydrogen) atoms. The van der Waals surface area contributed by atoms with Gasteiger partial charge in [-0.3, -0.25) is 4.72 Å². The topological polar surface area (TPSA) is 58.2 Å². The Morgan fingerprint density at radius 1 is 1.35 bits per heavy atom. The molecule has 1 rings (SSSR count). The van der Waals surface area contributed by atoms with Gasteiger partial charge in [-0.25, -0.2) is 12.8 Å². The van der Waals surface area contributed by atoms with Gasteiger partial charge < -0.3 is 5.32 Å². The minimum Gasteiger partial charge on any atom is -0.385 e. The maximum Gasteiger partial charge on any atom is 0.229 e. The minimum absolute atomic E-state index is 0.0405. The van der Waals surface area contributed by atoms with Crippen molar-refractivity contribution < 1.29 is 12.8 Å². The molecule has 0 amide bonds. The normalized spacial score (nSPS) is 11.6. The zero-order valence-electron chi connectivity index (χ0n) is 10.1. The lowest BCUT2D eigenvalue weighted by molar-refractivity contribution is 0.603. The molecule has 6 heteroatoms. The van der Waals surface area contributed by atoms with Crippen LogP contribution in [0, 0.1) is 11.7 Å². The number of hydrogen-bond acceptors (Lipinski definition) is 3. The van der Waals surface area contributed by atoms with E-state index in [4.69, 9.17) is 0 Å². The maximum atomic E-state index is 13.3. The van der Waals surface area contributed by atoms with Crippen molar-refractivity contribution in [1.82, 2.24) is 0 Å². The van der Waals surface area contributed by atoms with Gasteiger partial charge in [0.2, 0.25) is 10.0 Å². The fraction of sp³-hybridized carbons (Fsp3) is 0.455. The van der Waals surface area contributed by atoms with Gasteiger partial charge in [-0.05, 0) is 24.1 Å². The van der Waals surface area contributed by atoms with Crippen molar-refractivity contribution in [3.05, 3.63) is 24.0 Å². The van der Waals surface area contributed by atoms with Crippen LogP contribution in [0.5, 0.6) is 0 Å². The predicted octanol–water partition coefficient (Wildman–Crippen LogP) is 2.27. The predicted molar refractivity (Wildman–Crippen MR) is 68.2 cm³/mol. The third-order valence-corrected chi connectivity index (χ3v) is 2.57. The van der Waals surface area contributed by atoms with Gasteiger partial charge in [-0.1, -0.05) is 13.8 Å². The number of halogens is 1. The van der Waals surface area contributed by atoms with Crippen LogP contribution < -0.4 is 10.0 Å². The van der Waals surface area contributed by atoms with Crippen LogP contribution in [0.15, 0.2) is 18.2 Å². The van der Waals surface area contributed by atoms with Gasteiger partial charge in [0.15, 0.2) is 0 Å². The van der Waals surface area contributed by atoms with E-state index in [1.54, 1.807) is 6.07 Å². The number of nitrogens with one attached hydrogen (secondary N) is 2. The monoisotopic (exact) mass is 260 g/mol. The van der Waals surface area contributed by atoms with Gasteiger partial charge in [0.25, 0.3) is 0 Å². The van der Waals surface area contributed by atoms with Gasteiger partial charge in [0, 0.05) is 12.2 Å². The van der Waals surface area contributed by atoms with Gasteiger partial charge in [-0.2, -0.15) is 0 Å². The first-order valence-electron chi connectivity index (χ1n) is 5.29. The highest BCUT2D eigenvalue weighted by Gasteiger charge is 2.08. The van der Waals surface area contributed by atoms with Crippen LogP contribution in [0.2, 0.25) is 0 Å². The maximum absolute atomic E-state index is 13.3. The quantitative estimate of drug-likeness (QED) is 0.853. The molecule has 0 aromatic heterocycles. The van der Waals surface area contributed by atoms with Crippen molar-refractivity contribution in [1.29, 1.82) is 0 Å². The first-order chi connectivity index (χ1) is 7.78. The van der Waals surface area contributed by atoms with Gasteiger partial charge >= 0.3 is 0 Å². The highest BCUT2D eigenvalue weighted by molar-refractivity contribution is 7.92. The largest absolute Gasteiger partial charge is 0.385 e. The summed E-state index contributed by atoms with van der Waals surface area (Å²) in [6, 6.07) is 4.25. The third-order valence-electron chi connectivity index (χ3n) is 1.98. The summed E-state index contributed by atoms with van der Waals surface area (Å²) in [7, 11) is -3.47. The summed E-state index contributed by atoms with van der Waals surface area (Å²) in [5, 5.41) is 3.10. The summed E-state index contributed by atoms with van der Waals surface area (Å²) in [5.74, 6) is -0.142. The SMILES string of the molecule is CC(C)CNc1ccc(F)c(NS(C)(=O)=O)c1. The van der Waals surface area contributed by atoms with E-state index in [9.17, 15) is 12.8 Å². The van der Waals surface area contributed by atoms with Gasteiger partial charge in [0.1, 0.15) is 5.82 Å². The molecule has 2 N–H and O–H groups in total. The van der Waals surface area contributed by atoms with Crippen LogP contribution in [0.1, 0.15) is 13.8 Å². The number of anilines is 2. The van der Waals surface area contributed by atoms with Crippen molar-refractivity contribution in [2.24, 2.45) is 5.92 Å². The molecule has 0 unspecified atom stereocenters. The average Bonchev–Trinajstić information content (AvgIpc) is 2.17. The Kier molecular flexibility index (Phi) is 4.34. The lowest BCUT2D eigenvalue weighted by Crippen LogP contribution is -2.12. The van der Waals surface area contributed by atoms with Crippen LogP contribution in [0.3, 0.4) is 0 Å². The highest BCUT2D eigenvalue weighted by Crippen LogP contribution is 2.20. The first-order valence-corrected chi connectivity index (χ1v) is 7.18. The second-order valence-corrected chi connectivity index (χ2v) is 6.09. The molecular weight excluding hydrogens is 243 g/mol. The van der Waals surface area contributed by atoms with Crippen LogP contribution in [-0.2, 0) is 10.0 Å². The average molecular weight is 260 g/mol. The Morgan fingerprint density at radius 3 is 2.53 bits per heavy atom. The van der Waals surface area contributed by atoms with Crippen molar-refractivity contribution in [2.75, 3.05) is 22.8 Å². The summed E-state index contributed by atoms with van der Waals surface area (Å²) < 4.78 is 37.5. The zero-order chi connectivity index (χ0) is 13.1. The van der Waals surface area contributed by atoms with Gasteiger partial charge in [0.05, 0.1) is 11.9 Å². The molecule has 0 saturated carbocycles. The van der Waals surface area contributed by atoms with Crippen molar-refractivity contribution in [3.8, 4) is 0 Å².